The number of pyridine rings is 1. The van der Waals surface area contributed by atoms with Crippen LogP contribution in [0.25, 0.3) is 0 Å². The third-order valence-corrected chi connectivity index (χ3v) is 4.70. The van der Waals surface area contributed by atoms with E-state index in [0.29, 0.717) is 12.8 Å². The van der Waals surface area contributed by atoms with Gasteiger partial charge < -0.3 is 16.0 Å². The molecular weight excluding hydrogens is 320 g/mol. The lowest BCUT2D eigenvalue weighted by molar-refractivity contribution is -0.133. The molecule has 25 heavy (non-hydrogen) atoms. The fourth-order valence-electron chi connectivity index (χ4n) is 3.21. The van der Waals surface area contributed by atoms with E-state index in [2.05, 4.69) is 25.4 Å². The summed E-state index contributed by atoms with van der Waals surface area (Å²) in [6.07, 6.45) is 3.67. The van der Waals surface area contributed by atoms with Crippen LogP contribution in [0.2, 0.25) is 0 Å². The molecule has 0 aromatic carbocycles. The Bertz CT molecular complexity index is 598. The summed E-state index contributed by atoms with van der Waals surface area (Å²) in [5.74, 6) is 0.475. The Morgan fingerprint density at radius 1 is 1.24 bits per heavy atom. The summed E-state index contributed by atoms with van der Waals surface area (Å²) in [6.45, 7) is 5.76. The molecular formula is C17H26N6O2. The molecule has 0 aliphatic carbocycles. The van der Waals surface area contributed by atoms with Gasteiger partial charge in [-0.2, -0.15) is 0 Å². The van der Waals surface area contributed by atoms with Crippen molar-refractivity contribution >= 4 is 23.3 Å². The van der Waals surface area contributed by atoms with Crippen LogP contribution in [-0.4, -0.2) is 67.0 Å². The molecule has 1 atom stereocenters. The van der Waals surface area contributed by atoms with Crippen LogP contribution in [0.1, 0.15) is 19.3 Å². The van der Waals surface area contributed by atoms with E-state index in [1.807, 2.05) is 12.1 Å². The summed E-state index contributed by atoms with van der Waals surface area (Å²) in [5, 5.41) is 5.50. The molecule has 2 aliphatic heterocycles. The van der Waals surface area contributed by atoms with Crippen molar-refractivity contribution in [2.24, 2.45) is 5.73 Å². The van der Waals surface area contributed by atoms with Crippen molar-refractivity contribution < 1.29 is 9.59 Å². The first-order valence-electron chi connectivity index (χ1n) is 8.89. The lowest BCUT2D eigenvalue weighted by Gasteiger charge is -2.35. The topological polar surface area (TPSA) is 104 Å². The second kappa shape index (κ2) is 8.26. The molecule has 0 radical (unpaired) electrons. The van der Waals surface area contributed by atoms with Gasteiger partial charge in [0, 0.05) is 32.6 Å². The second-order valence-corrected chi connectivity index (χ2v) is 6.52. The van der Waals surface area contributed by atoms with Gasteiger partial charge in [0.1, 0.15) is 11.9 Å². The number of hydrogen-bond acceptors (Lipinski definition) is 7. The molecule has 2 aliphatic rings. The molecule has 136 valence electrons. The zero-order valence-corrected chi connectivity index (χ0v) is 14.4. The number of piperidine rings is 1. The average Bonchev–Trinajstić information content (AvgIpc) is 2.63. The van der Waals surface area contributed by atoms with Gasteiger partial charge >= 0.3 is 0 Å². The number of anilines is 2. The predicted octanol–water partition coefficient (Wildman–Crippen LogP) is -0.230. The molecule has 4 N–H and O–H groups in total. The monoisotopic (exact) mass is 346 g/mol. The Kier molecular flexibility index (Phi) is 5.83. The maximum Gasteiger partial charge on any atom is 0.249 e. The van der Waals surface area contributed by atoms with E-state index in [-0.39, 0.29) is 17.9 Å². The SMILES string of the molecule is NCCCN1CCN(c2ccc(NC3CCC(=O)NC3=O)cn2)CC1. The molecule has 1 aromatic heterocycles. The number of rotatable bonds is 6. The highest BCUT2D eigenvalue weighted by Crippen LogP contribution is 2.18. The highest BCUT2D eigenvalue weighted by Gasteiger charge is 2.26. The largest absolute Gasteiger partial charge is 0.372 e. The maximum atomic E-state index is 11.8. The van der Waals surface area contributed by atoms with Gasteiger partial charge in [0.05, 0.1) is 11.9 Å². The van der Waals surface area contributed by atoms with Gasteiger partial charge in [0.25, 0.3) is 0 Å². The standard InChI is InChI=1S/C17H26N6O2/c18-6-1-7-22-8-10-23(11-9-22)15-4-2-13(12-19-15)20-14-3-5-16(24)21-17(14)25/h2,4,12,14,20H,1,3,5-11,18H2,(H,21,24,25). The molecule has 0 saturated carbocycles. The lowest BCUT2D eigenvalue weighted by Crippen LogP contribution is -2.47. The van der Waals surface area contributed by atoms with Crippen molar-refractivity contribution in [2.75, 3.05) is 49.5 Å². The second-order valence-electron chi connectivity index (χ2n) is 6.52. The highest BCUT2D eigenvalue weighted by atomic mass is 16.2. The van der Waals surface area contributed by atoms with Gasteiger partial charge in [0.2, 0.25) is 11.8 Å². The first-order chi connectivity index (χ1) is 12.2. The Morgan fingerprint density at radius 3 is 2.68 bits per heavy atom. The van der Waals surface area contributed by atoms with Crippen LogP contribution in [0.4, 0.5) is 11.5 Å². The Balaban J connectivity index is 1.51. The molecule has 2 saturated heterocycles. The van der Waals surface area contributed by atoms with E-state index in [1.165, 1.54) is 0 Å². The quantitative estimate of drug-likeness (QED) is 0.611. The van der Waals surface area contributed by atoms with Crippen LogP contribution >= 0.6 is 0 Å². The van der Waals surface area contributed by atoms with Crippen molar-refractivity contribution in [2.45, 2.75) is 25.3 Å². The number of imide groups is 1. The van der Waals surface area contributed by atoms with Gasteiger partial charge in [-0.15, -0.1) is 0 Å². The molecule has 0 spiro atoms. The molecule has 3 heterocycles. The number of nitrogens with one attached hydrogen (secondary N) is 2. The van der Waals surface area contributed by atoms with Gasteiger partial charge in [-0.05, 0) is 38.1 Å². The summed E-state index contributed by atoms with van der Waals surface area (Å²) in [6, 6.07) is 3.53. The van der Waals surface area contributed by atoms with Crippen LogP contribution in [0.15, 0.2) is 18.3 Å². The molecule has 3 rings (SSSR count). The van der Waals surface area contributed by atoms with Crippen LogP contribution in [-0.2, 0) is 9.59 Å². The smallest absolute Gasteiger partial charge is 0.249 e. The highest BCUT2D eigenvalue weighted by molar-refractivity contribution is 6.01. The van der Waals surface area contributed by atoms with E-state index >= 15 is 0 Å². The molecule has 2 amide bonds. The minimum absolute atomic E-state index is 0.206. The number of hydrogen-bond donors (Lipinski definition) is 3. The van der Waals surface area contributed by atoms with Gasteiger partial charge in [0.15, 0.2) is 0 Å². The van der Waals surface area contributed by atoms with E-state index in [4.69, 9.17) is 5.73 Å². The summed E-state index contributed by atoms with van der Waals surface area (Å²) < 4.78 is 0. The fraction of sp³-hybridized carbons (Fsp3) is 0.588. The average molecular weight is 346 g/mol. The van der Waals surface area contributed by atoms with E-state index in [1.54, 1.807) is 6.20 Å². The molecule has 2 fully saturated rings. The molecule has 8 nitrogen and oxygen atoms in total. The van der Waals surface area contributed by atoms with Crippen LogP contribution in [0.3, 0.4) is 0 Å². The van der Waals surface area contributed by atoms with Crippen LogP contribution in [0, 0.1) is 0 Å². The molecule has 8 heteroatoms. The predicted molar refractivity (Wildman–Crippen MR) is 96.4 cm³/mol. The lowest BCUT2D eigenvalue weighted by atomic mass is 10.1. The first-order valence-corrected chi connectivity index (χ1v) is 8.89. The number of carbonyl (C=O) groups is 2. The third kappa shape index (κ3) is 4.67. The summed E-state index contributed by atoms with van der Waals surface area (Å²) in [4.78, 5) is 32.2. The minimum Gasteiger partial charge on any atom is -0.372 e. The van der Waals surface area contributed by atoms with Crippen molar-refractivity contribution in [1.29, 1.82) is 0 Å². The number of amides is 2. The third-order valence-electron chi connectivity index (χ3n) is 4.70. The van der Waals surface area contributed by atoms with E-state index < -0.39 is 0 Å². The summed E-state index contributed by atoms with van der Waals surface area (Å²) in [5.41, 5.74) is 6.36. The maximum absolute atomic E-state index is 11.8. The van der Waals surface area contributed by atoms with Crippen molar-refractivity contribution in [3.05, 3.63) is 18.3 Å². The van der Waals surface area contributed by atoms with Gasteiger partial charge in [-0.25, -0.2) is 4.98 Å². The van der Waals surface area contributed by atoms with E-state index in [0.717, 1.165) is 57.2 Å². The van der Waals surface area contributed by atoms with Gasteiger partial charge in [-0.3, -0.25) is 19.8 Å². The van der Waals surface area contributed by atoms with Gasteiger partial charge in [-0.1, -0.05) is 0 Å². The molecule has 1 aromatic rings. The molecule has 1 unspecified atom stereocenters. The normalized spacial score (nSPS) is 22.0. The number of nitrogens with zero attached hydrogens (tertiary/aromatic N) is 3. The number of piperazine rings is 1. The minimum atomic E-state index is -0.378. The number of carbonyl (C=O) groups excluding carboxylic acids is 2. The van der Waals surface area contributed by atoms with Crippen LogP contribution < -0.4 is 21.3 Å². The number of aromatic nitrogens is 1. The zero-order chi connectivity index (χ0) is 17.6. The first kappa shape index (κ1) is 17.6. The zero-order valence-electron chi connectivity index (χ0n) is 14.4. The summed E-state index contributed by atoms with van der Waals surface area (Å²) in [7, 11) is 0. The van der Waals surface area contributed by atoms with Crippen molar-refractivity contribution in [3.63, 3.8) is 0 Å². The Labute approximate surface area is 147 Å². The summed E-state index contributed by atoms with van der Waals surface area (Å²) >= 11 is 0. The molecule has 0 bridgehead atoms. The number of nitrogens with two attached hydrogens (primary N) is 1. The van der Waals surface area contributed by atoms with Crippen LogP contribution in [0.5, 0.6) is 0 Å². The van der Waals surface area contributed by atoms with E-state index in [9.17, 15) is 9.59 Å². The Hall–Kier alpha value is -2.19. The van der Waals surface area contributed by atoms with Crippen molar-refractivity contribution in [1.82, 2.24) is 15.2 Å². The fourth-order valence-corrected chi connectivity index (χ4v) is 3.21. The Morgan fingerprint density at radius 2 is 2.04 bits per heavy atom. The van der Waals surface area contributed by atoms with Crippen molar-refractivity contribution in [3.8, 4) is 0 Å².